The molecule has 1 aliphatic heterocycles. The van der Waals surface area contributed by atoms with Crippen LogP contribution in [-0.2, 0) is 34.0 Å². The molecule has 3 rings (SSSR count). The van der Waals surface area contributed by atoms with E-state index in [9.17, 15) is 18.0 Å². The van der Waals surface area contributed by atoms with E-state index in [1.165, 1.54) is 5.69 Å². The van der Waals surface area contributed by atoms with Crippen molar-refractivity contribution < 1.29 is 37.0 Å². The van der Waals surface area contributed by atoms with Crippen LogP contribution in [0.3, 0.4) is 0 Å². The molecule has 172 valence electrons. The zero-order chi connectivity index (χ0) is 23.0. The Bertz CT molecular complexity index is 836. The molecule has 0 aromatic carbocycles. The number of furan rings is 1. The molecule has 0 aliphatic carbocycles. The molecule has 2 aromatic rings. The minimum Gasteiger partial charge on any atom is -0.475 e. The molecule has 0 saturated carbocycles. The fourth-order valence-corrected chi connectivity index (χ4v) is 2.93. The summed E-state index contributed by atoms with van der Waals surface area (Å²) in [4.78, 5) is 24.5. The van der Waals surface area contributed by atoms with Gasteiger partial charge in [-0.3, -0.25) is 14.4 Å². The Balaban J connectivity index is 0.000000423. The van der Waals surface area contributed by atoms with E-state index in [1.807, 2.05) is 16.9 Å². The van der Waals surface area contributed by atoms with Crippen LogP contribution in [0, 0.1) is 5.92 Å². The van der Waals surface area contributed by atoms with Gasteiger partial charge in [-0.25, -0.2) is 4.79 Å². The van der Waals surface area contributed by atoms with Crippen molar-refractivity contribution in [1.29, 1.82) is 0 Å². The average molecular weight is 446 g/mol. The Morgan fingerprint density at radius 2 is 2.03 bits per heavy atom. The molecule has 0 radical (unpaired) electrons. The van der Waals surface area contributed by atoms with Crippen molar-refractivity contribution in [2.45, 2.75) is 25.8 Å². The fourth-order valence-electron chi connectivity index (χ4n) is 2.93. The SMILES string of the molecule is CN(C)C(=O)COCC1CN(Cc2ccoc2)Cc2ccnn2C1.O=C(O)C(F)(F)F. The molecule has 0 saturated heterocycles. The van der Waals surface area contributed by atoms with E-state index in [0.29, 0.717) is 6.61 Å². The van der Waals surface area contributed by atoms with Crippen LogP contribution in [-0.4, -0.2) is 76.6 Å². The second kappa shape index (κ2) is 11.0. The lowest BCUT2D eigenvalue weighted by Crippen LogP contribution is -2.32. The van der Waals surface area contributed by atoms with Crippen molar-refractivity contribution in [3.63, 3.8) is 0 Å². The van der Waals surface area contributed by atoms with Crippen LogP contribution in [0.25, 0.3) is 0 Å². The summed E-state index contributed by atoms with van der Waals surface area (Å²) in [5.74, 6) is -2.49. The molecule has 12 heteroatoms. The van der Waals surface area contributed by atoms with Crippen LogP contribution < -0.4 is 0 Å². The van der Waals surface area contributed by atoms with E-state index >= 15 is 0 Å². The summed E-state index contributed by atoms with van der Waals surface area (Å²) in [6, 6.07) is 4.05. The number of aliphatic carboxylic acids is 1. The summed E-state index contributed by atoms with van der Waals surface area (Å²) in [6.07, 6.45) is 0.235. The van der Waals surface area contributed by atoms with Gasteiger partial charge in [-0.1, -0.05) is 0 Å². The molecule has 1 aliphatic rings. The third kappa shape index (κ3) is 8.06. The number of hydrogen-bond donors (Lipinski definition) is 1. The van der Waals surface area contributed by atoms with E-state index in [4.69, 9.17) is 19.1 Å². The molecular weight excluding hydrogens is 421 g/mol. The normalized spacial score (nSPS) is 16.6. The molecule has 3 heterocycles. The standard InChI is InChI=1S/C17H24N4O3.C2HF3O2/c1-19(2)17(22)13-24-12-15-8-20(7-14-4-6-23-11-14)10-16-3-5-18-21(16)9-15;3-2(4,5)1(6)7/h3-6,11,15H,7-10,12-13H2,1-2H3;(H,6,7). The molecule has 0 fully saturated rings. The van der Waals surface area contributed by atoms with Crippen molar-refractivity contribution in [3.8, 4) is 0 Å². The molecule has 2 aromatic heterocycles. The van der Waals surface area contributed by atoms with Gasteiger partial charge in [0.25, 0.3) is 0 Å². The van der Waals surface area contributed by atoms with Crippen molar-refractivity contribution >= 4 is 11.9 Å². The van der Waals surface area contributed by atoms with Gasteiger partial charge in [0.1, 0.15) is 6.61 Å². The summed E-state index contributed by atoms with van der Waals surface area (Å²) in [5.41, 5.74) is 2.36. The predicted molar refractivity (Wildman–Crippen MR) is 102 cm³/mol. The lowest BCUT2D eigenvalue weighted by molar-refractivity contribution is -0.192. The predicted octanol–water partition coefficient (Wildman–Crippen LogP) is 1.85. The highest BCUT2D eigenvalue weighted by Gasteiger charge is 2.38. The van der Waals surface area contributed by atoms with Crippen molar-refractivity contribution in [1.82, 2.24) is 19.6 Å². The van der Waals surface area contributed by atoms with Crippen LogP contribution >= 0.6 is 0 Å². The first-order chi connectivity index (χ1) is 14.6. The second-order valence-electron chi connectivity index (χ2n) is 7.28. The number of rotatable bonds is 6. The summed E-state index contributed by atoms with van der Waals surface area (Å²) in [7, 11) is 3.47. The summed E-state index contributed by atoms with van der Waals surface area (Å²) < 4.78 is 44.6. The molecule has 1 unspecified atom stereocenters. The summed E-state index contributed by atoms with van der Waals surface area (Å²) >= 11 is 0. The number of fused-ring (bicyclic) bond motifs is 1. The number of aromatic nitrogens is 2. The number of amides is 1. The minimum atomic E-state index is -5.08. The largest absolute Gasteiger partial charge is 0.490 e. The van der Waals surface area contributed by atoms with Crippen LogP contribution in [0.4, 0.5) is 13.2 Å². The second-order valence-corrected chi connectivity index (χ2v) is 7.28. The van der Waals surface area contributed by atoms with Gasteiger partial charge in [0.15, 0.2) is 0 Å². The van der Waals surface area contributed by atoms with Gasteiger partial charge in [-0.15, -0.1) is 0 Å². The van der Waals surface area contributed by atoms with E-state index < -0.39 is 12.1 Å². The Kier molecular flexibility index (Phi) is 8.63. The van der Waals surface area contributed by atoms with Crippen molar-refractivity contribution in [3.05, 3.63) is 42.1 Å². The van der Waals surface area contributed by atoms with E-state index in [1.54, 1.807) is 31.5 Å². The number of likely N-dealkylation sites (N-methyl/N-ethyl adjacent to an activating group) is 1. The summed E-state index contributed by atoms with van der Waals surface area (Å²) in [5, 5.41) is 11.5. The van der Waals surface area contributed by atoms with Gasteiger partial charge >= 0.3 is 12.1 Å². The van der Waals surface area contributed by atoms with Crippen LogP contribution in [0.1, 0.15) is 11.3 Å². The minimum absolute atomic E-state index is 0.0151. The number of alkyl halides is 3. The Labute approximate surface area is 177 Å². The topological polar surface area (TPSA) is 101 Å². The molecule has 1 atom stereocenters. The molecule has 31 heavy (non-hydrogen) atoms. The fraction of sp³-hybridized carbons (Fsp3) is 0.526. The van der Waals surface area contributed by atoms with E-state index in [0.717, 1.165) is 31.7 Å². The maximum absolute atomic E-state index is 11.6. The zero-order valence-electron chi connectivity index (χ0n) is 17.2. The van der Waals surface area contributed by atoms with E-state index in [-0.39, 0.29) is 18.4 Å². The van der Waals surface area contributed by atoms with E-state index in [2.05, 4.69) is 16.1 Å². The number of halogens is 3. The van der Waals surface area contributed by atoms with Gasteiger partial charge in [-0.05, 0) is 12.1 Å². The Morgan fingerprint density at radius 3 is 2.61 bits per heavy atom. The van der Waals surface area contributed by atoms with Crippen molar-refractivity contribution in [2.75, 3.05) is 33.9 Å². The van der Waals surface area contributed by atoms with Crippen LogP contribution in [0.15, 0.2) is 35.3 Å². The summed E-state index contributed by atoms with van der Waals surface area (Å²) in [6.45, 7) is 4.04. The monoisotopic (exact) mass is 446 g/mol. The number of ether oxygens (including phenoxy) is 1. The first-order valence-corrected chi connectivity index (χ1v) is 9.38. The van der Waals surface area contributed by atoms with Gasteiger partial charge in [0, 0.05) is 58.0 Å². The molecule has 1 amide bonds. The maximum atomic E-state index is 11.6. The van der Waals surface area contributed by atoms with Gasteiger partial charge < -0.3 is 19.2 Å². The smallest absolute Gasteiger partial charge is 0.475 e. The third-order valence-corrected chi connectivity index (χ3v) is 4.44. The molecule has 9 nitrogen and oxygen atoms in total. The number of carboxylic acid groups (broad SMARTS) is 1. The highest BCUT2D eigenvalue weighted by atomic mass is 19.4. The van der Waals surface area contributed by atoms with Gasteiger partial charge in [-0.2, -0.15) is 18.3 Å². The van der Waals surface area contributed by atoms with Crippen LogP contribution in [0.5, 0.6) is 0 Å². The molecule has 0 spiro atoms. The number of carboxylic acids is 1. The Morgan fingerprint density at radius 1 is 1.32 bits per heavy atom. The quantitative estimate of drug-likeness (QED) is 0.723. The third-order valence-electron chi connectivity index (χ3n) is 4.44. The lowest BCUT2D eigenvalue weighted by Gasteiger charge is -2.23. The van der Waals surface area contributed by atoms with Gasteiger partial charge in [0.05, 0.1) is 24.8 Å². The molecule has 1 N–H and O–H groups in total. The maximum Gasteiger partial charge on any atom is 0.490 e. The lowest BCUT2D eigenvalue weighted by atomic mass is 10.1. The zero-order valence-corrected chi connectivity index (χ0v) is 17.2. The first-order valence-electron chi connectivity index (χ1n) is 9.38. The van der Waals surface area contributed by atoms with Crippen molar-refractivity contribution in [2.24, 2.45) is 5.92 Å². The highest BCUT2D eigenvalue weighted by Crippen LogP contribution is 2.18. The first kappa shape index (κ1) is 24.4. The van der Waals surface area contributed by atoms with Gasteiger partial charge in [0.2, 0.25) is 5.91 Å². The Hall–Kier alpha value is -2.86. The number of carbonyl (C=O) groups excluding carboxylic acids is 1. The molecule has 0 bridgehead atoms. The average Bonchev–Trinajstić information content (AvgIpc) is 3.30. The van der Waals surface area contributed by atoms with Crippen LogP contribution in [0.2, 0.25) is 0 Å². The number of nitrogens with zero attached hydrogens (tertiary/aromatic N) is 4. The number of carbonyl (C=O) groups is 2. The number of hydrogen-bond acceptors (Lipinski definition) is 6. The molecular formula is C19H25F3N4O5. The highest BCUT2D eigenvalue weighted by molar-refractivity contribution is 5.76.